The van der Waals surface area contributed by atoms with Crippen LogP contribution in [0.1, 0.15) is 48.8 Å². The third kappa shape index (κ3) is 6.94. The predicted octanol–water partition coefficient (Wildman–Crippen LogP) is 6.11. The fraction of sp³-hybridized carbons (Fsp3) is 0.333. The summed E-state index contributed by atoms with van der Waals surface area (Å²) < 4.78 is 14.4. The van der Waals surface area contributed by atoms with Crippen LogP contribution in [0.15, 0.2) is 78.9 Å². The molecule has 4 nitrogen and oxygen atoms in total. The molecule has 0 aliphatic heterocycles. The Morgan fingerprint density at radius 2 is 1.53 bits per heavy atom. The van der Waals surface area contributed by atoms with Crippen LogP contribution in [0.2, 0.25) is 5.02 Å². The number of carbonyl (C=O) groups excluding carboxylic acids is 2. The zero-order chi connectivity index (χ0) is 25.3. The molecule has 0 radical (unpaired) electrons. The van der Waals surface area contributed by atoms with Crippen LogP contribution in [0.3, 0.4) is 0 Å². The topological polar surface area (TPSA) is 49.4 Å². The van der Waals surface area contributed by atoms with Gasteiger partial charge in [-0.1, -0.05) is 97.6 Å². The summed E-state index contributed by atoms with van der Waals surface area (Å²) in [5, 5.41) is 3.73. The Morgan fingerprint density at radius 3 is 2.22 bits per heavy atom. The first-order valence-corrected chi connectivity index (χ1v) is 13.0. The summed E-state index contributed by atoms with van der Waals surface area (Å²) in [6.07, 6.45) is 5.45. The van der Waals surface area contributed by atoms with Gasteiger partial charge in [-0.3, -0.25) is 9.59 Å². The van der Waals surface area contributed by atoms with Gasteiger partial charge in [0.05, 0.1) is 6.42 Å². The summed E-state index contributed by atoms with van der Waals surface area (Å²) in [6.45, 7) is 0.155. The van der Waals surface area contributed by atoms with Crippen LogP contribution in [0.4, 0.5) is 4.39 Å². The summed E-state index contributed by atoms with van der Waals surface area (Å²) in [5.74, 6) is -0.936. The molecule has 36 heavy (non-hydrogen) atoms. The second-order valence-corrected chi connectivity index (χ2v) is 9.84. The van der Waals surface area contributed by atoms with Gasteiger partial charge in [-0.2, -0.15) is 0 Å². The predicted molar refractivity (Wildman–Crippen MR) is 141 cm³/mol. The lowest BCUT2D eigenvalue weighted by Crippen LogP contribution is -2.53. The fourth-order valence-electron chi connectivity index (χ4n) is 4.81. The second kappa shape index (κ2) is 12.7. The largest absolute Gasteiger partial charge is 0.352 e. The van der Waals surface area contributed by atoms with Crippen molar-refractivity contribution in [3.05, 3.63) is 106 Å². The van der Waals surface area contributed by atoms with Gasteiger partial charge < -0.3 is 10.2 Å². The molecule has 0 spiro atoms. The van der Waals surface area contributed by atoms with E-state index < -0.39 is 11.9 Å². The number of carbonyl (C=O) groups is 2. The third-order valence-corrected chi connectivity index (χ3v) is 7.19. The highest BCUT2D eigenvalue weighted by atomic mass is 35.5. The lowest BCUT2D eigenvalue weighted by atomic mass is 9.94. The van der Waals surface area contributed by atoms with Crippen molar-refractivity contribution in [2.24, 2.45) is 0 Å². The maximum atomic E-state index is 14.4. The standard InChI is InChI=1S/C30H32ClFN2O2/c31-26-17-9-7-14-24(26)21-34(29(35)20-23-13-8-10-18-27(23)32)28(19-22-11-3-1-4-12-22)30(36)33-25-15-5-2-6-16-25/h1,3-4,7-14,17-18,25,28H,2,5-6,15-16,19-21H2,(H,33,36)/t28-/m0/s1. The maximum Gasteiger partial charge on any atom is 0.243 e. The van der Waals surface area contributed by atoms with Gasteiger partial charge in [0.25, 0.3) is 0 Å². The van der Waals surface area contributed by atoms with Crippen molar-refractivity contribution < 1.29 is 14.0 Å². The minimum absolute atomic E-state index is 0.105. The van der Waals surface area contributed by atoms with E-state index in [4.69, 9.17) is 11.6 Å². The van der Waals surface area contributed by atoms with Crippen molar-refractivity contribution >= 4 is 23.4 Å². The molecular weight excluding hydrogens is 475 g/mol. The van der Waals surface area contributed by atoms with Crippen LogP contribution in [-0.2, 0) is 29.0 Å². The summed E-state index contributed by atoms with van der Waals surface area (Å²) in [5.41, 5.74) is 1.99. The number of hydrogen-bond acceptors (Lipinski definition) is 2. The van der Waals surface area contributed by atoms with Crippen molar-refractivity contribution in [3.63, 3.8) is 0 Å². The molecule has 3 aromatic carbocycles. The fourth-order valence-corrected chi connectivity index (χ4v) is 5.01. The van der Waals surface area contributed by atoms with E-state index in [1.165, 1.54) is 12.5 Å². The summed E-state index contributed by atoms with van der Waals surface area (Å²) in [4.78, 5) is 29.1. The van der Waals surface area contributed by atoms with E-state index >= 15 is 0 Å². The molecule has 6 heteroatoms. The van der Waals surface area contributed by atoms with Gasteiger partial charge in [-0.25, -0.2) is 4.39 Å². The van der Waals surface area contributed by atoms with E-state index in [2.05, 4.69) is 5.32 Å². The third-order valence-electron chi connectivity index (χ3n) is 6.82. The van der Waals surface area contributed by atoms with Crippen LogP contribution < -0.4 is 5.32 Å². The highest BCUT2D eigenvalue weighted by Crippen LogP contribution is 2.23. The molecule has 0 heterocycles. The molecule has 0 bridgehead atoms. The molecule has 188 valence electrons. The lowest BCUT2D eigenvalue weighted by molar-refractivity contribution is -0.141. The van der Waals surface area contributed by atoms with Crippen LogP contribution in [0, 0.1) is 5.82 Å². The van der Waals surface area contributed by atoms with Crippen molar-refractivity contribution in [3.8, 4) is 0 Å². The average Bonchev–Trinajstić information content (AvgIpc) is 2.89. The van der Waals surface area contributed by atoms with Gasteiger partial charge in [0.2, 0.25) is 11.8 Å². The summed E-state index contributed by atoms with van der Waals surface area (Å²) >= 11 is 6.46. The number of rotatable bonds is 9. The maximum absolute atomic E-state index is 14.4. The first kappa shape index (κ1) is 25.9. The molecule has 1 saturated carbocycles. The highest BCUT2D eigenvalue weighted by Gasteiger charge is 2.32. The Bertz CT molecular complexity index is 1160. The van der Waals surface area contributed by atoms with Gasteiger partial charge in [-0.15, -0.1) is 0 Å². The van der Waals surface area contributed by atoms with E-state index in [0.717, 1.165) is 36.8 Å². The van der Waals surface area contributed by atoms with Crippen LogP contribution in [0.5, 0.6) is 0 Å². The molecule has 1 atom stereocenters. The monoisotopic (exact) mass is 506 g/mol. The van der Waals surface area contributed by atoms with Crippen molar-refractivity contribution in [2.75, 3.05) is 0 Å². The van der Waals surface area contributed by atoms with Crippen molar-refractivity contribution in [1.29, 1.82) is 0 Å². The quantitative estimate of drug-likeness (QED) is 0.380. The van der Waals surface area contributed by atoms with E-state index in [9.17, 15) is 14.0 Å². The molecule has 0 aromatic heterocycles. The zero-order valence-electron chi connectivity index (χ0n) is 20.3. The Morgan fingerprint density at radius 1 is 0.889 bits per heavy atom. The highest BCUT2D eigenvalue weighted by molar-refractivity contribution is 6.31. The molecule has 1 fully saturated rings. The molecule has 0 unspecified atom stereocenters. The summed E-state index contributed by atoms with van der Waals surface area (Å²) in [7, 11) is 0. The minimum Gasteiger partial charge on any atom is -0.352 e. The zero-order valence-corrected chi connectivity index (χ0v) is 21.1. The first-order chi connectivity index (χ1) is 17.5. The molecule has 2 amide bonds. The Hall–Kier alpha value is -3.18. The van der Waals surface area contributed by atoms with E-state index in [1.54, 1.807) is 29.2 Å². The van der Waals surface area contributed by atoms with Gasteiger partial charge >= 0.3 is 0 Å². The number of nitrogens with one attached hydrogen (secondary N) is 1. The van der Waals surface area contributed by atoms with Crippen LogP contribution >= 0.6 is 11.6 Å². The summed E-state index contributed by atoms with van der Waals surface area (Å²) in [6, 6.07) is 22.6. The molecular formula is C30H32ClFN2O2. The molecule has 4 rings (SSSR count). The second-order valence-electron chi connectivity index (χ2n) is 9.43. The minimum atomic E-state index is -0.759. The number of nitrogens with zero attached hydrogens (tertiary/aromatic N) is 1. The molecule has 3 aromatic rings. The smallest absolute Gasteiger partial charge is 0.243 e. The Balaban J connectivity index is 1.67. The number of benzene rings is 3. The van der Waals surface area contributed by atoms with E-state index in [-0.39, 0.29) is 30.8 Å². The number of halogens is 2. The molecule has 1 aliphatic carbocycles. The SMILES string of the molecule is O=C(NC1CCCCC1)[C@H](Cc1ccccc1)N(Cc1ccccc1Cl)C(=O)Cc1ccccc1F. The van der Waals surface area contributed by atoms with Crippen LogP contribution in [-0.4, -0.2) is 28.8 Å². The number of hydrogen-bond donors (Lipinski definition) is 1. The number of amides is 2. The lowest BCUT2D eigenvalue weighted by Gasteiger charge is -2.33. The van der Waals surface area contributed by atoms with Gasteiger partial charge in [0.1, 0.15) is 11.9 Å². The van der Waals surface area contributed by atoms with E-state index in [1.807, 2.05) is 48.5 Å². The van der Waals surface area contributed by atoms with Crippen LogP contribution in [0.25, 0.3) is 0 Å². The molecule has 0 saturated heterocycles. The van der Waals surface area contributed by atoms with Crippen molar-refractivity contribution in [2.45, 2.75) is 63.6 Å². The molecule has 1 N–H and O–H groups in total. The average molecular weight is 507 g/mol. The van der Waals surface area contributed by atoms with Crippen molar-refractivity contribution in [1.82, 2.24) is 10.2 Å². The Labute approximate surface area is 217 Å². The Kier molecular flexibility index (Phi) is 9.12. The van der Waals surface area contributed by atoms with E-state index in [0.29, 0.717) is 17.0 Å². The molecule has 1 aliphatic rings. The van der Waals surface area contributed by atoms with Gasteiger partial charge in [-0.05, 0) is 41.7 Å². The first-order valence-electron chi connectivity index (χ1n) is 12.6. The van der Waals surface area contributed by atoms with Gasteiger partial charge in [0, 0.05) is 24.0 Å². The normalized spacial score (nSPS) is 14.7. The van der Waals surface area contributed by atoms with Gasteiger partial charge in [0.15, 0.2) is 0 Å².